The Bertz CT molecular complexity index is 1340. The Balaban J connectivity index is 1.42. The van der Waals surface area contributed by atoms with E-state index in [-0.39, 0.29) is 17.8 Å². The molecule has 0 aliphatic heterocycles. The van der Waals surface area contributed by atoms with Crippen LogP contribution in [0.2, 0.25) is 0 Å². The van der Waals surface area contributed by atoms with Crippen molar-refractivity contribution in [3.8, 4) is 11.3 Å². The van der Waals surface area contributed by atoms with Gasteiger partial charge in [-0.3, -0.25) is 4.79 Å². The molecule has 2 aromatic heterocycles. The monoisotopic (exact) mass is 518 g/mol. The number of thioether (sulfide) groups is 1. The number of carbonyl (C=O) groups excluding carboxylic acids is 2. The zero-order valence-electron chi connectivity index (χ0n) is 20.2. The molecule has 0 radical (unpaired) electrons. The zero-order valence-corrected chi connectivity index (χ0v) is 21.9. The predicted molar refractivity (Wildman–Crippen MR) is 143 cm³/mol. The third-order valence-electron chi connectivity index (χ3n) is 5.24. The molecular formula is C27H26N4O3S2. The van der Waals surface area contributed by atoms with Crippen LogP contribution in [0.4, 0.5) is 5.13 Å². The number of anilines is 1. The first-order valence-corrected chi connectivity index (χ1v) is 13.2. The van der Waals surface area contributed by atoms with E-state index in [1.807, 2.05) is 80.6 Å². The van der Waals surface area contributed by atoms with Crippen molar-refractivity contribution in [2.24, 2.45) is 0 Å². The number of benzene rings is 2. The molecule has 2 heterocycles. The maximum Gasteiger partial charge on any atom is 0.350 e. The van der Waals surface area contributed by atoms with Crippen molar-refractivity contribution in [3.05, 3.63) is 88.7 Å². The second-order valence-corrected chi connectivity index (χ2v) is 10.2. The van der Waals surface area contributed by atoms with Gasteiger partial charge in [-0.15, -0.1) is 0 Å². The van der Waals surface area contributed by atoms with Crippen molar-refractivity contribution in [1.29, 1.82) is 0 Å². The van der Waals surface area contributed by atoms with E-state index < -0.39 is 5.97 Å². The van der Waals surface area contributed by atoms with Gasteiger partial charge in [-0.05, 0) is 31.9 Å². The molecule has 2 aromatic carbocycles. The van der Waals surface area contributed by atoms with E-state index in [1.54, 1.807) is 6.92 Å². The fraction of sp³-hybridized carbons (Fsp3) is 0.222. The lowest BCUT2D eigenvalue weighted by molar-refractivity contribution is -0.115. The van der Waals surface area contributed by atoms with Gasteiger partial charge in [0.2, 0.25) is 5.91 Å². The van der Waals surface area contributed by atoms with Crippen LogP contribution in [0.5, 0.6) is 0 Å². The Morgan fingerprint density at radius 2 is 1.69 bits per heavy atom. The highest BCUT2D eigenvalue weighted by Crippen LogP contribution is 2.30. The molecule has 4 rings (SSSR count). The van der Waals surface area contributed by atoms with Crippen LogP contribution < -0.4 is 5.32 Å². The summed E-state index contributed by atoms with van der Waals surface area (Å²) in [6.07, 6.45) is 0.594. The number of nitrogens with one attached hydrogen (secondary N) is 1. The van der Waals surface area contributed by atoms with E-state index in [0.29, 0.717) is 27.9 Å². The van der Waals surface area contributed by atoms with E-state index >= 15 is 0 Å². The molecule has 184 valence electrons. The summed E-state index contributed by atoms with van der Waals surface area (Å²) in [7, 11) is 0. The van der Waals surface area contributed by atoms with Crippen LogP contribution in [0.1, 0.15) is 40.1 Å². The normalized spacial score (nSPS) is 11.6. The molecule has 7 nitrogen and oxygen atoms in total. The molecule has 0 aliphatic rings. The highest BCUT2D eigenvalue weighted by Gasteiger charge is 2.23. The maximum atomic E-state index is 13.1. The van der Waals surface area contributed by atoms with Gasteiger partial charge in [-0.1, -0.05) is 90.7 Å². The van der Waals surface area contributed by atoms with Crippen molar-refractivity contribution in [2.75, 3.05) is 5.32 Å². The van der Waals surface area contributed by atoms with Crippen molar-refractivity contribution in [2.45, 2.75) is 44.1 Å². The third-order valence-corrected chi connectivity index (χ3v) is 7.57. The number of aryl methyl sites for hydroxylation is 2. The first kappa shape index (κ1) is 25.5. The molecule has 1 unspecified atom stereocenters. The van der Waals surface area contributed by atoms with Crippen LogP contribution in [0.3, 0.4) is 0 Å². The van der Waals surface area contributed by atoms with Gasteiger partial charge < -0.3 is 10.1 Å². The second kappa shape index (κ2) is 11.9. The number of aromatic nitrogens is 3. The molecule has 36 heavy (non-hydrogen) atoms. The van der Waals surface area contributed by atoms with Gasteiger partial charge in [0.05, 0.1) is 16.6 Å². The highest BCUT2D eigenvalue weighted by atomic mass is 32.2. The summed E-state index contributed by atoms with van der Waals surface area (Å²) in [5.74, 6) is -0.0121. The number of nitrogens with zero attached hydrogens (tertiary/aromatic N) is 3. The van der Waals surface area contributed by atoms with E-state index in [0.717, 1.165) is 33.2 Å². The van der Waals surface area contributed by atoms with E-state index in [1.165, 1.54) is 11.8 Å². The average Bonchev–Trinajstić information content (AvgIpc) is 3.26. The standard InChI is InChI=1S/C27H26N4O3S2/c1-4-22(35-23-15-21(29-18(3)30-23)20-13-9-6-10-14-20)25(32)31-27-28-17(2)24(36-27)26(33)34-16-19-11-7-5-8-12-19/h5-15,22H,4,16H2,1-3H3,(H,28,31,32). The van der Waals surface area contributed by atoms with Gasteiger partial charge in [0.15, 0.2) is 5.13 Å². The molecule has 1 atom stereocenters. The summed E-state index contributed by atoms with van der Waals surface area (Å²) in [5.41, 5.74) is 3.23. The Labute approximate surface area is 218 Å². The molecule has 4 aromatic rings. The molecule has 0 fully saturated rings. The van der Waals surface area contributed by atoms with Gasteiger partial charge in [-0.2, -0.15) is 0 Å². The van der Waals surface area contributed by atoms with Gasteiger partial charge in [0, 0.05) is 5.56 Å². The lowest BCUT2D eigenvalue weighted by Gasteiger charge is -2.14. The van der Waals surface area contributed by atoms with Crippen LogP contribution >= 0.6 is 23.1 Å². The first-order valence-electron chi connectivity index (χ1n) is 11.5. The molecule has 9 heteroatoms. The highest BCUT2D eigenvalue weighted by molar-refractivity contribution is 8.00. The average molecular weight is 519 g/mol. The number of rotatable bonds is 9. The van der Waals surface area contributed by atoms with E-state index in [2.05, 4.69) is 20.3 Å². The number of hydrogen-bond acceptors (Lipinski definition) is 8. The predicted octanol–water partition coefficient (Wildman–Crippen LogP) is 6.08. The van der Waals surface area contributed by atoms with Gasteiger partial charge >= 0.3 is 5.97 Å². The summed E-state index contributed by atoms with van der Waals surface area (Å²) >= 11 is 2.50. The Morgan fingerprint density at radius 3 is 2.39 bits per heavy atom. The number of esters is 1. The van der Waals surface area contributed by atoms with Gasteiger partial charge in [-0.25, -0.2) is 19.7 Å². The van der Waals surface area contributed by atoms with Gasteiger partial charge in [0.1, 0.15) is 22.3 Å². The first-order chi connectivity index (χ1) is 17.4. The summed E-state index contributed by atoms with van der Waals surface area (Å²) < 4.78 is 5.42. The van der Waals surface area contributed by atoms with Crippen LogP contribution in [0.25, 0.3) is 11.3 Å². The molecule has 1 N–H and O–H groups in total. The van der Waals surface area contributed by atoms with Crippen molar-refractivity contribution >= 4 is 40.1 Å². The third kappa shape index (κ3) is 6.56. The van der Waals surface area contributed by atoms with Crippen LogP contribution in [0, 0.1) is 13.8 Å². The number of carbonyl (C=O) groups is 2. The van der Waals surface area contributed by atoms with Crippen LogP contribution in [-0.4, -0.2) is 32.1 Å². The Morgan fingerprint density at radius 1 is 1.00 bits per heavy atom. The number of ether oxygens (including phenoxy) is 1. The molecule has 0 saturated heterocycles. The molecule has 1 amide bonds. The number of amides is 1. The minimum atomic E-state index is -0.458. The zero-order chi connectivity index (χ0) is 25.5. The quantitative estimate of drug-likeness (QED) is 0.163. The van der Waals surface area contributed by atoms with Crippen molar-refractivity contribution < 1.29 is 14.3 Å². The van der Waals surface area contributed by atoms with E-state index in [9.17, 15) is 9.59 Å². The fourth-order valence-electron chi connectivity index (χ4n) is 3.44. The SMILES string of the molecule is CCC(Sc1cc(-c2ccccc2)nc(C)n1)C(=O)Nc1nc(C)c(C(=O)OCc2ccccc2)s1. The topological polar surface area (TPSA) is 94.1 Å². The minimum absolute atomic E-state index is 0.177. The van der Waals surface area contributed by atoms with Gasteiger partial charge in [0.25, 0.3) is 0 Å². The largest absolute Gasteiger partial charge is 0.457 e. The smallest absolute Gasteiger partial charge is 0.350 e. The summed E-state index contributed by atoms with van der Waals surface area (Å²) in [6, 6.07) is 21.2. The minimum Gasteiger partial charge on any atom is -0.457 e. The number of hydrogen-bond donors (Lipinski definition) is 1. The van der Waals surface area contributed by atoms with Crippen LogP contribution in [-0.2, 0) is 16.1 Å². The Hall–Kier alpha value is -3.56. The van der Waals surface area contributed by atoms with Crippen molar-refractivity contribution in [1.82, 2.24) is 15.0 Å². The lowest BCUT2D eigenvalue weighted by Crippen LogP contribution is -2.24. The summed E-state index contributed by atoms with van der Waals surface area (Å²) in [5, 5.41) is 3.57. The second-order valence-electron chi connectivity index (χ2n) is 8.00. The number of thiazole rings is 1. The molecule has 0 bridgehead atoms. The van der Waals surface area contributed by atoms with E-state index in [4.69, 9.17) is 4.74 Å². The molecule has 0 spiro atoms. The molecule has 0 aliphatic carbocycles. The maximum absolute atomic E-state index is 13.1. The Kier molecular flexibility index (Phi) is 8.45. The van der Waals surface area contributed by atoms with Crippen molar-refractivity contribution in [3.63, 3.8) is 0 Å². The summed E-state index contributed by atoms with van der Waals surface area (Å²) in [6.45, 7) is 5.69. The summed E-state index contributed by atoms with van der Waals surface area (Å²) in [4.78, 5) is 39.4. The fourth-order valence-corrected chi connectivity index (χ4v) is 5.29. The van der Waals surface area contributed by atoms with Crippen LogP contribution in [0.15, 0.2) is 71.8 Å². The molecule has 0 saturated carbocycles. The molecular weight excluding hydrogens is 492 g/mol. The lowest BCUT2D eigenvalue weighted by atomic mass is 10.1.